The highest BCUT2D eigenvalue weighted by Gasteiger charge is 2.40. The lowest BCUT2D eigenvalue weighted by Crippen LogP contribution is -2.40. The number of carbonyl (C=O) groups excluding carboxylic acids is 1. The zero-order valence-electron chi connectivity index (χ0n) is 17.9. The number of benzene rings is 1. The summed E-state index contributed by atoms with van der Waals surface area (Å²) in [5.41, 5.74) is 0.673. The second-order valence-corrected chi connectivity index (χ2v) is 11.0. The predicted octanol–water partition coefficient (Wildman–Crippen LogP) is 2.73. The third-order valence-corrected chi connectivity index (χ3v) is 8.14. The fourth-order valence-electron chi connectivity index (χ4n) is 4.37. The normalized spacial score (nSPS) is 21.6. The number of aromatic nitrogens is 3. The highest BCUT2D eigenvalue weighted by molar-refractivity contribution is 7.89. The summed E-state index contributed by atoms with van der Waals surface area (Å²) in [5, 5.41) is 11.1. The molecule has 0 radical (unpaired) electrons. The molecule has 30 heavy (non-hydrogen) atoms. The molecule has 1 unspecified atom stereocenters. The van der Waals surface area contributed by atoms with Crippen molar-refractivity contribution in [2.45, 2.75) is 63.3 Å². The highest BCUT2D eigenvalue weighted by Crippen LogP contribution is 2.39. The van der Waals surface area contributed by atoms with E-state index in [0.717, 1.165) is 24.2 Å². The fraction of sp³-hybridized carbons (Fsp3) is 0.571. The molecule has 0 aliphatic carbocycles. The quantitative estimate of drug-likeness (QED) is 0.785. The van der Waals surface area contributed by atoms with Crippen molar-refractivity contribution in [3.8, 4) is 0 Å². The van der Waals surface area contributed by atoms with Crippen LogP contribution in [0.15, 0.2) is 29.4 Å². The van der Waals surface area contributed by atoms with Crippen LogP contribution in [-0.2, 0) is 26.7 Å². The molecular weight excluding hydrogens is 402 g/mol. The zero-order chi connectivity index (χ0) is 21.7. The van der Waals surface area contributed by atoms with Crippen LogP contribution < -0.4 is 5.32 Å². The highest BCUT2D eigenvalue weighted by atomic mass is 32.2. The van der Waals surface area contributed by atoms with E-state index in [0.29, 0.717) is 25.2 Å². The van der Waals surface area contributed by atoms with Gasteiger partial charge < -0.3 is 9.88 Å². The molecule has 1 aromatic carbocycles. The summed E-state index contributed by atoms with van der Waals surface area (Å²) in [6.07, 6.45) is 4.22. The minimum absolute atomic E-state index is 0.112. The first kappa shape index (κ1) is 21.0. The minimum atomic E-state index is -3.64. The average molecular weight is 432 g/mol. The van der Waals surface area contributed by atoms with Crippen molar-refractivity contribution in [2.75, 3.05) is 18.4 Å². The number of nitrogens with zero attached hydrogens (tertiary/aromatic N) is 4. The maximum absolute atomic E-state index is 13.4. The van der Waals surface area contributed by atoms with Crippen molar-refractivity contribution in [1.29, 1.82) is 0 Å². The van der Waals surface area contributed by atoms with Gasteiger partial charge in [-0.2, -0.15) is 4.31 Å². The summed E-state index contributed by atoms with van der Waals surface area (Å²) in [6.45, 7) is 8.76. The Labute approximate surface area is 177 Å². The van der Waals surface area contributed by atoms with E-state index >= 15 is 0 Å². The molecule has 2 aromatic rings. The van der Waals surface area contributed by atoms with Crippen molar-refractivity contribution in [3.05, 3.63) is 35.9 Å². The van der Waals surface area contributed by atoms with Gasteiger partial charge in [-0.1, -0.05) is 0 Å². The van der Waals surface area contributed by atoms with Crippen LogP contribution in [0.25, 0.3) is 0 Å². The predicted molar refractivity (Wildman–Crippen MR) is 114 cm³/mol. The molecule has 1 N–H and O–H groups in total. The van der Waals surface area contributed by atoms with Crippen LogP contribution in [0.1, 0.15) is 58.0 Å². The Hall–Kier alpha value is -2.26. The molecule has 1 saturated heterocycles. The van der Waals surface area contributed by atoms with Crippen LogP contribution in [0.4, 0.5) is 5.69 Å². The summed E-state index contributed by atoms with van der Waals surface area (Å²) in [5.74, 6) is 0.988. The summed E-state index contributed by atoms with van der Waals surface area (Å²) >= 11 is 0. The number of carbonyl (C=O) groups is 1. The molecule has 8 nitrogen and oxygen atoms in total. The summed E-state index contributed by atoms with van der Waals surface area (Å²) in [7, 11) is -3.64. The lowest BCUT2D eigenvalue weighted by Gasteiger charge is -2.32. The third-order valence-electron chi connectivity index (χ3n) is 6.27. The monoisotopic (exact) mass is 431 g/mol. The SMILES string of the molecule is CC(C)n1cnnc1CC1CCCN(S(=O)(=O)c2ccc3c(c2)C(C)(C)C(=O)N3)C1. The van der Waals surface area contributed by atoms with E-state index in [1.165, 1.54) is 0 Å². The number of hydrogen-bond donors (Lipinski definition) is 1. The molecule has 162 valence electrons. The lowest BCUT2D eigenvalue weighted by atomic mass is 9.86. The lowest BCUT2D eigenvalue weighted by molar-refractivity contribution is -0.119. The molecule has 1 aromatic heterocycles. The molecular formula is C21H29N5O3S. The molecule has 0 saturated carbocycles. The van der Waals surface area contributed by atoms with Gasteiger partial charge in [0, 0.05) is 31.2 Å². The number of sulfonamides is 1. The Balaban J connectivity index is 1.56. The average Bonchev–Trinajstić information content (AvgIpc) is 3.24. The number of anilines is 1. The van der Waals surface area contributed by atoms with Gasteiger partial charge in [0.25, 0.3) is 0 Å². The first-order valence-corrected chi connectivity index (χ1v) is 11.9. The molecule has 4 rings (SSSR count). The molecule has 2 aliphatic heterocycles. The van der Waals surface area contributed by atoms with Crippen molar-refractivity contribution in [1.82, 2.24) is 19.1 Å². The van der Waals surface area contributed by atoms with Crippen LogP contribution in [0, 0.1) is 5.92 Å². The van der Waals surface area contributed by atoms with E-state index in [-0.39, 0.29) is 22.8 Å². The molecule has 9 heteroatoms. The smallest absolute Gasteiger partial charge is 0.243 e. The molecule has 0 bridgehead atoms. The second-order valence-electron chi connectivity index (χ2n) is 9.11. The van der Waals surface area contributed by atoms with Crippen molar-refractivity contribution >= 4 is 21.6 Å². The van der Waals surface area contributed by atoms with Crippen molar-refractivity contribution in [2.24, 2.45) is 5.92 Å². The van der Waals surface area contributed by atoms with E-state index in [4.69, 9.17) is 0 Å². The Bertz CT molecular complexity index is 1070. The standard InChI is InChI=1S/C21H29N5O3S/c1-14(2)26-13-22-24-19(26)10-15-6-5-9-25(12-15)30(28,29)16-7-8-18-17(11-16)21(3,4)20(27)23-18/h7-8,11,13-15H,5-6,9-10,12H2,1-4H3,(H,23,27). The van der Waals surface area contributed by atoms with Crippen LogP contribution in [-0.4, -0.2) is 46.5 Å². The first-order chi connectivity index (χ1) is 14.1. The van der Waals surface area contributed by atoms with E-state index in [2.05, 4.69) is 29.4 Å². The number of piperidine rings is 1. The van der Waals surface area contributed by atoms with Gasteiger partial charge in [0.15, 0.2) is 0 Å². The van der Waals surface area contributed by atoms with Gasteiger partial charge >= 0.3 is 0 Å². The van der Waals surface area contributed by atoms with Crippen molar-refractivity contribution < 1.29 is 13.2 Å². The maximum Gasteiger partial charge on any atom is 0.243 e. The minimum Gasteiger partial charge on any atom is -0.325 e. The Morgan fingerprint density at radius 2 is 2.07 bits per heavy atom. The Morgan fingerprint density at radius 1 is 1.30 bits per heavy atom. The number of rotatable bonds is 5. The molecule has 1 amide bonds. The molecule has 1 fully saturated rings. The number of nitrogens with one attached hydrogen (secondary N) is 1. The van der Waals surface area contributed by atoms with Crippen LogP contribution >= 0.6 is 0 Å². The number of fused-ring (bicyclic) bond motifs is 1. The van der Waals surface area contributed by atoms with Gasteiger partial charge in [-0.25, -0.2) is 8.42 Å². The third kappa shape index (κ3) is 3.54. The fourth-order valence-corrected chi connectivity index (χ4v) is 5.96. The van der Waals surface area contributed by atoms with Crippen LogP contribution in [0.3, 0.4) is 0 Å². The van der Waals surface area contributed by atoms with Crippen molar-refractivity contribution in [3.63, 3.8) is 0 Å². The zero-order valence-corrected chi connectivity index (χ0v) is 18.7. The first-order valence-electron chi connectivity index (χ1n) is 10.4. The topological polar surface area (TPSA) is 97.2 Å². The van der Waals surface area contributed by atoms with Crippen LogP contribution in [0.5, 0.6) is 0 Å². The molecule has 1 atom stereocenters. The van der Waals surface area contributed by atoms with E-state index in [1.54, 1.807) is 28.8 Å². The van der Waals surface area contributed by atoms with E-state index in [9.17, 15) is 13.2 Å². The van der Waals surface area contributed by atoms with Gasteiger partial charge in [-0.05, 0) is 70.2 Å². The molecule has 0 spiro atoms. The largest absolute Gasteiger partial charge is 0.325 e. The van der Waals surface area contributed by atoms with E-state index < -0.39 is 15.4 Å². The van der Waals surface area contributed by atoms with E-state index in [1.807, 2.05) is 18.4 Å². The number of amides is 1. The second kappa shape index (κ2) is 7.46. The summed E-state index contributed by atoms with van der Waals surface area (Å²) in [4.78, 5) is 12.4. The van der Waals surface area contributed by atoms with Crippen LogP contribution in [0.2, 0.25) is 0 Å². The summed E-state index contributed by atoms with van der Waals surface area (Å²) < 4.78 is 30.4. The maximum atomic E-state index is 13.4. The van der Waals surface area contributed by atoms with Gasteiger partial charge in [0.1, 0.15) is 12.2 Å². The number of hydrogen-bond acceptors (Lipinski definition) is 5. The molecule has 3 heterocycles. The Kier molecular flexibility index (Phi) is 5.22. The van der Waals surface area contributed by atoms with Gasteiger partial charge in [-0.3, -0.25) is 4.79 Å². The van der Waals surface area contributed by atoms with Gasteiger partial charge in [0.2, 0.25) is 15.9 Å². The Morgan fingerprint density at radius 3 is 2.80 bits per heavy atom. The van der Waals surface area contributed by atoms with Gasteiger partial charge in [-0.15, -0.1) is 10.2 Å². The molecule has 2 aliphatic rings. The van der Waals surface area contributed by atoms with Gasteiger partial charge in [0.05, 0.1) is 10.3 Å². The summed E-state index contributed by atoms with van der Waals surface area (Å²) in [6, 6.07) is 5.21.